The van der Waals surface area contributed by atoms with Crippen molar-refractivity contribution in [2.24, 2.45) is 0 Å². The molecule has 1 aliphatic heterocycles. The number of nitro groups is 1. The fourth-order valence-electron chi connectivity index (χ4n) is 2.25. The van der Waals surface area contributed by atoms with E-state index >= 15 is 0 Å². The van der Waals surface area contributed by atoms with Crippen LogP contribution in [0.15, 0.2) is 41.3 Å². The van der Waals surface area contributed by atoms with Crippen LogP contribution in [0.3, 0.4) is 0 Å². The first-order valence-electron chi connectivity index (χ1n) is 6.95. The van der Waals surface area contributed by atoms with Crippen molar-refractivity contribution in [1.29, 1.82) is 0 Å². The van der Waals surface area contributed by atoms with Gasteiger partial charge in [-0.05, 0) is 30.3 Å². The molecule has 2 aromatic rings. The molecule has 0 aromatic heterocycles. The normalized spacial score (nSPS) is 15.8. The van der Waals surface area contributed by atoms with E-state index in [1.165, 1.54) is 23.1 Å². The number of nitro benzene ring substituents is 1. The fourth-order valence-corrected chi connectivity index (χ4v) is 4.23. The molecule has 10 heteroatoms. The maximum atomic E-state index is 12.7. The van der Waals surface area contributed by atoms with Crippen molar-refractivity contribution in [2.75, 3.05) is 4.90 Å². The zero-order valence-electron chi connectivity index (χ0n) is 12.6. The van der Waals surface area contributed by atoms with E-state index in [0.29, 0.717) is 20.6 Å². The van der Waals surface area contributed by atoms with Crippen LogP contribution < -0.4 is 4.90 Å². The number of anilines is 1. The van der Waals surface area contributed by atoms with Crippen molar-refractivity contribution < 1.29 is 9.72 Å². The van der Waals surface area contributed by atoms with Crippen LogP contribution in [0, 0.1) is 10.1 Å². The van der Waals surface area contributed by atoms with E-state index in [2.05, 4.69) is 0 Å². The SMILES string of the molecule is O=C1/C(=C\c2cc([N+](=O)[O-])c(Cl)cc2Cl)SC(=S)N1c1cccc(Cl)c1. The first-order valence-corrected chi connectivity index (χ1v) is 9.31. The maximum Gasteiger partial charge on any atom is 0.288 e. The summed E-state index contributed by atoms with van der Waals surface area (Å²) in [7, 11) is 0. The van der Waals surface area contributed by atoms with Crippen LogP contribution in [-0.4, -0.2) is 15.2 Å². The van der Waals surface area contributed by atoms with Gasteiger partial charge in [-0.3, -0.25) is 19.8 Å². The van der Waals surface area contributed by atoms with E-state index in [0.717, 1.165) is 11.8 Å². The molecule has 0 unspecified atom stereocenters. The Hall–Kier alpha value is -1.64. The standard InChI is InChI=1S/C16H7Cl3N2O3S2/c17-9-2-1-3-10(6-9)20-15(22)14(26-16(20)25)5-8-4-13(21(23)24)12(19)7-11(8)18/h1-7H/b14-5+. The lowest BCUT2D eigenvalue weighted by atomic mass is 10.1. The van der Waals surface area contributed by atoms with Crippen molar-refractivity contribution >= 4 is 86.5 Å². The first kappa shape index (κ1) is 19.1. The molecule has 0 radical (unpaired) electrons. The van der Waals surface area contributed by atoms with Gasteiger partial charge in [-0.1, -0.05) is 64.8 Å². The summed E-state index contributed by atoms with van der Waals surface area (Å²) in [6.07, 6.45) is 1.45. The van der Waals surface area contributed by atoms with Crippen LogP contribution in [0.5, 0.6) is 0 Å². The Kier molecular flexibility index (Phi) is 5.55. The van der Waals surface area contributed by atoms with Crippen LogP contribution in [0.4, 0.5) is 11.4 Å². The monoisotopic (exact) mass is 444 g/mol. The Balaban J connectivity index is 2.01. The highest BCUT2D eigenvalue weighted by molar-refractivity contribution is 8.27. The average molecular weight is 446 g/mol. The summed E-state index contributed by atoms with van der Waals surface area (Å²) in [6.45, 7) is 0. The molecule has 5 nitrogen and oxygen atoms in total. The lowest BCUT2D eigenvalue weighted by molar-refractivity contribution is -0.384. The van der Waals surface area contributed by atoms with Gasteiger partial charge in [-0.15, -0.1) is 0 Å². The highest BCUT2D eigenvalue weighted by Gasteiger charge is 2.33. The molecular weight excluding hydrogens is 439 g/mol. The zero-order valence-corrected chi connectivity index (χ0v) is 16.5. The molecule has 0 atom stereocenters. The van der Waals surface area contributed by atoms with Crippen molar-refractivity contribution in [1.82, 2.24) is 0 Å². The number of amides is 1. The molecule has 132 valence electrons. The molecule has 0 N–H and O–H groups in total. The smallest absolute Gasteiger partial charge is 0.268 e. The van der Waals surface area contributed by atoms with Crippen molar-refractivity contribution in [3.63, 3.8) is 0 Å². The predicted octanol–water partition coefficient (Wildman–Crippen LogP) is 5.96. The molecule has 1 aliphatic rings. The summed E-state index contributed by atoms with van der Waals surface area (Å²) in [5, 5.41) is 11.6. The minimum Gasteiger partial charge on any atom is -0.268 e. The van der Waals surface area contributed by atoms with Crippen LogP contribution in [0.25, 0.3) is 6.08 Å². The predicted molar refractivity (Wildman–Crippen MR) is 110 cm³/mol. The molecule has 3 rings (SSSR count). The quantitative estimate of drug-likeness (QED) is 0.252. The summed E-state index contributed by atoms with van der Waals surface area (Å²) in [5.41, 5.74) is 0.540. The average Bonchev–Trinajstić information content (AvgIpc) is 2.83. The second kappa shape index (κ2) is 7.54. The topological polar surface area (TPSA) is 63.4 Å². The highest BCUT2D eigenvalue weighted by atomic mass is 35.5. The molecule has 1 fully saturated rings. The zero-order chi connectivity index (χ0) is 19.0. The molecule has 1 heterocycles. The lowest BCUT2D eigenvalue weighted by Gasteiger charge is -2.14. The van der Waals surface area contributed by atoms with Crippen LogP contribution in [0.2, 0.25) is 15.1 Å². The summed E-state index contributed by atoms with van der Waals surface area (Å²) in [5.74, 6) is -0.365. The summed E-state index contributed by atoms with van der Waals surface area (Å²) < 4.78 is 0.322. The van der Waals surface area contributed by atoms with Gasteiger partial charge < -0.3 is 0 Å². The van der Waals surface area contributed by atoms with Crippen LogP contribution in [-0.2, 0) is 4.79 Å². The number of carbonyl (C=O) groups excluding carboxylic acids is 1. The number of hydrogen-bond donors (Lipinski definition) is 0. The minimum absolute atomic E-state index is 0.0800. The first-order chi connectivity index (χ1) is 12.3. The van der Waals surface area contributed by atoms with Gasteiger partial charge in [0.05, 0.1) is 15.5 Å². The molecule has 1 saturated heterocycles. The number of rotatable bonds is 3. The Bertz CT molecular complexity index is 995. The third-order valence-corrected chi connectivity index (χ3v) is 5.58. The van der Waals surface area contributed by atoms with Gasteiger partial charge in [0.15, 0.2) is 4.32 Å². The van der Waals surface area contributed by atoms with E-state index in [-0.39, 0.29) is 26.5 Å². The summed E-state index contributed by atoms with van der Waals surface area (Å²) in [4.78, 5) is 24.8. The minimum atomic E-state index is -0.618. The number of thioether (sulfide) groups is 1. The van der Waals surface area contributed by atoms with E-state index < -0.39 is 4.92 Å². The lowest BCUT2D eigenvalue weighted by Crippen LogP contribution is -2.27. The molecule has 0 spiro atoms. The number of thiocarbonyl (C=S) groups is 1. The van der Waals surface area contributed by atoms with E-state index in [9.17, 15) is 14.9 Å². The molecular formula is C16H7Cl3N2O3S2. The number of hydrogen-bond acceptors (Lipinski definition) is 5. The third kappa shape index (κ3) is 3.72. The van der Waals surface area contributed by atoms with Crippen molar-refractivity contribution in [3.8, 4) is 0 Å². The van der Waals surface area contributed by atoms with Gasteiger partial charge in [0, 0.05) is 21.7 Å². The fraction of sp³-hybridized carbons (Fsp3) is 0. The largest absolute Gasteiger partial charge is 0.288 e. The molecule has 0 aliphatic carbocycles. The molecule has 1 amide bonds. The van der Waals surface area contributed by atoms with Crippen LogP contribution in [0.1, 0.15) is 5.56 Å². The van der Waals surface area contributed by atoms with Gasteiger partial charge in [-0.25, -0.2) is 0 Å². The highest BCUT2D eigenvalue weighted by Crippen LogP contribution is 2.39. The van der Waals surface area contributed by atoms with Crippen molar-refractivity contribution in [2.45, 2.75) is 0 Å². The Labute approximate surface area is 172 Å². The summed E-state index contributed by atoms with van der Waals surface area (Å²) in [6, 6.07) is 9.21. The van der Waals surface area contributed by atoms with Gasteiger partial charge in [0.1, 0.15) is 5.02 Å². The molecule has 0 bridgehead atoms. The van der Waals surface area contributed by atoms with Gasteiger partial charge in [-0.2, -0.15) is 0 Å². The Morgan fingerprint density at radius 1 is 1.15 bits per heavy atom. The van der Waals surface area contributed by atoms with Gasteiger partial charge in [0.25, 0.3) is 11.6 Å². The number of benzene rings is 2. The van der Waals surface area contributed by atoms with E-state index in [4.69, 9.17) is 47.0 Å². The molecule has 0 saturated carbocycles. The molecule has 2 aromatic carbocycles. The second-order valence-corrected chi connectivity index (χ2v) is 8.01. The maximum absolute atomic E-state index is 12.7. The van der Waals surface area contributed by atoms with Crippen molar-refractivity contribution in [3.05, 3.63) is 72.0 Å². The van der Waals surface area contributed by atoms with E-state index in [1.54, 1.807) is 24.3 Å². The third-order valence-electron chi connectivity index (χ3n) is 3.41. The summed E-state index contributed by atoms with van der Waals surface area (Å²) >= 11 is 24.2. The Morgan fingerprint density at radius 2 is 1.88 bits per heavy atom. The molecule has 26 heavy (non-hydrogen) atoms. The number of halogens is 3. The number of nitrogens with zero attached hydrogens (tertiary/aromatic N) is 2. The number of carbonyl (C=O) groups is 1. The van der Waals surface area contributed by atoms with Crippen LogP contribution >= 0.6 is 58.8 Å². The van der Waals surface area contributed by atoms with E-state index in [1.807, 2.05) is 0 Å². The Morgan fingerprint density at radius 3 is 2.54 bits per heavy atom. The van der Waals surface area contributed by atoms with Gasteiger partial charge in [0.2, 0.25) is 0 Å². The second-order valence-electron chi connectivity index (χ2n) is 5.08. The van der Waals surface area contributed by atoms with Gasteiger partial charge >= 0.3 is 0 Å².